The maximum absolute atomic E-state index is 12.3. The first kappa shape index (κ1) is 24.5. The third-order valence-electron chi connectivity index (χ3n) is 4.88. The van der Waals surface area contributed by atoms with Crippen molar-refractivity contribution in [2.24, 2.45) is 0 Å². The Morgan fingerprint density at radius 1 is 0.972 bits per heavy atom. The second kappa shape index (κ2) is 10.8. The molecule has 0 saturated heterocycles. The monoisotopic (exact) mass is 505 g/mol. The maximum Gasteiger partial charge on any atom is 0.335 e. The van der Waals surface area contributed by atoms with Crippen LogP contribution in [0.1, 0.15) is 21.6 Å². The van der Waals surface area contributed by atoms with Gasteiger partial charge >= 0.3 is 12.0 Å². The van der Waals surface area contributed by atoms with Gasteiger partial charge in [-0.05, 0) is 73.6 Å². The molecule has 2 heterocycles. The Hall–Kier alpha value is -4.58. The highest BCUT2D eigenvalue weighted by atomic mass is 32.2. The second-order valence-corrected chi connectivity index (χ2v) is 8.68. The molecule has 184 valence electrons. The van der Waals surface area contributed by atoms with E-state index in [0.29, 0.717) is 34.0 Å². The molecule has 11 nitrogen and oxygen atoms in total. The summed E-state index contributed by atoms with van der Waals surface area (Å²) in [7, 11) is 1.54. The Morgan fingerprint density at radius 3 is 2.36 bits per heavy atom. The molecule has 0 aliphatic carbocycles. The molecular formula is C24H23N7O4S. The number of aromatic amines is 1. The first-order valence-corrected chi connectivity index (χ1v) is 11.5. The summed E-state index contributed by atoms with van der Waals surface area (Å²) in [6, 6.07) is 14.5. The number of H-pyrrole nitrogens is 1. The molecule has 4 aromatic rings. The topological polar surface area (TPSA) is 154 Å². The average molecular weight is 506 g/mol. The van der Waals surface area contributed by atoms with Gasteiger partial charge in [-0.3, -0.25) is 5.10 Å². The standard InChI is InChI=1S/C24H23N7O4S/c1-13-10-17(27-23(34)26-16-6-4-15(5-7-16)22(32)33)8-9-18(13)36-24-25-14(2)11-19(29-24)28-20-12-21(35-3)31-30-20/h4-12H,1-3H3,(H,32,33)(H2,26,27,34)(H2,25,28,29,30,31). The fourth-order valence-electron chi connectivity index (χ4n) is 3.19. The van der Waals surface area contributed by atoms with Gasteiger partial charge in [0.15, 0.2) is 5.16 Å². The molecule has 2 aromatic heterocycles. The molecule has 0 bridgehead atoms. The molecule has 0 spiro atoms. The molecule has 0 aliphatic rings. The van der Waals surface area contributed by atoms with Gasteiger partial charge in [0.1, 0.15) is 11.6 Å². The number of aryl methyl sites for hydroxylation is 2. The van der Waals surface area contributed by atoms with Crippen molar-refractivity contribution in [1.29, 1.82) is 0 Å². The number of carbonyl (C=O) groups is 2. The predicted molar refractivity (Wildman–Crippen MR) is 137 cm³/mol. The van der Waals surface area contributed by atoms with Gasteiger partial charge in [-0.15, -0.1) is 5.10 Å². The summed E-state index contributed by atoms with van der Waals surface area (Å²) in [6.07, 6.45) is 0. The van der Waals surface area contributed by atoms with E-state index in [9.17, 15) is 9.59 Å². The van der Waals surface area contributed by atoms with Crippen LogP contribution in [0.5, 0.6) is 5.88 Å². The van der Waals surface area contributed by atoms with Gasteiger partial charge < -0.3 is 25.8 Å². The average Bonchev–Trinajstić information content (AvgIpc) is 3.28. The van der Waals surface area contributed by atoms with Gasteiger partial charge in [-0.2, -0.15) is 0 Å². The summed E-state index contributed by atoms with van der Waals surface area (Å²) in [5.41, 5.74) is 2.96. The van der Waals surface area contributed by atoms with E-state index in [2.05, 4.69) is 36.1 Å². The van der Waals surface area contributed by atoms with Crippen LogP contribution >= 0.6 is 11.8 Å². The number of aromatic nitrogens is 4. The lowest BCUT2D eigenvalue weighted by Crippen LogP contribution is -2.19. The molecule has 0 unspecified atom stereocenters. The normalized spacial score (nSPS) is 10.5. The summed E-state index contributed by atoms with van der Waals surface area (Å²) in [4.78, 5) is 33.3. The van der Waals surface area contributed by atoms with E-state index < -0.39 is 12.0 Å². The van der Waals surface area contributed by atoms with Crippen LogP contribution in [0.3, 0.4) is 0 Å². The molecule has 0 fully saturated rings. The number of nitrogens with zero attached hydrogens (tertiary/aromatic N) is 3. The molecule has 4 rings (SSSR count). The molecule has 2 amide bonds. The van der Waals surface area contributed by atoms with Gasteiger partial charge in [-0.1, -0.05) is 0 Å². The van der Waals surface area contributed by atoms with Gasteiger partial charge in [-0.25, -0.2) is 19.6 Å². The largest absolute Gasteiger partial charge is 0.480 e. The van der Waals surface area contributed by atoms with Crippen LogP contribution in [-0.2, 0) is 0 Å². The van der Waals surface area contributed by atoms with Crippen molar-refractivity contribution < 1.29 is 19.4 Å². The SMILES string of the molecule is COc1cc(Nc2cc(C)nc(Sc3ccc(NC(=O)Nc4ccc(C(=O)O)cc4)cc3C)n2)[nH]n1. The number of aromatic carboxylic acids is 1. The van der Waals surface area contributed by atoms with Crippen LogP contribution in [-0.4, -0.2) is 44.4 Å². The number of hydrogen-bond acceptors (Lipinski definition) is 8. The molecule has 2 aromatic carbocycles. The number of urea groups is 1. The third kappa shape index (κ3) is 6.30. The highest BCUT2D eigenvalue weighted by Gasteiger charge is 2.11. The number of anilines is 4. The van der Waals surface area contributed by atoms with Gasteiger partial charge in [0.25, 0.3) is 0 Å². The van der Waals surface area contributed by atoms with Crippen molar-refractivity contribution in [2.45, 2.75) is 23.9 Å². The Morgan fingerprint density at radius 2 is 1.69 bits per heavy atom. The molecule has 0 saturated carbocycles. The number of benzene rings is 2. The molecule has 0 radical (unpaired) electrons. The van der Waals surface area contributed by atoms with E-state index in [1.165, 1.54) is 36.0 Å². The van der Waals surface area contributed by atoms with Crippen molar-refractivity contribution in [3.8, 4) is 5.88 Å². The lowest BCUT2D eigenvalue weighted by atomic mass is 10.2. The molecule has 0 aliphatic heterocycles. The van der Waals surface area contributed by atoms with Gasteiger partial charge in [0.2, 0.25) is 5.88 Å². The minimum absolute atomic E-state index is 0.145. The quantitative estimate of drug-likeness (QED) is 0.207. The third-order valence-corrected chi connectivity index (χ3v) is 5.93. The van der Waals surface area contributed by atoms with Crippen molar-refractivity contribution in [3.63, 3.8) is 0 Å². The van der Waals surface area contributed by atoms with E-state index in [-0.39, 0.29) is 5.56 Å². The number of carboxylic acid groups (broad SMARTS) is 1. The number of ether oxygens (including phenoxy) is 1. The summed E-state index contributed by atoms with van der Waals surface area (Å²) < 4.78 is 5.08. The van der Waals surface area contributed by atoms with Crippen LogP contribution in [0.25, 0.3) is 0 Å². The van der Waals surface area contributed by atoms with Crippen molar-refractivity contribution in [3.05, 3.63) is 71.4 Å². The summed E-state index contributed by atoms with van der Waals surface area (Å²) >= 11 is 1.41. The second-order valence-electron chi connectivity index (χ2n) is 7.67. The van der Waals surface area contributed by atoms with E-state index in [0.717, 1.165) is 16.2 Å². The Labute approximate surface area is 210 Å². The number of methoxy groups -OCH3 is 1. The van der Waals surface area contributed by atoms with Crippen molar-refractivity contribution in [1.82, 2.24) is 20.2 Å². The zero-order valence-corrected chi connectivity index (χ0v) is 20.4. The number of carboxylic acids is 1. The number of hydrogen-bond donors (Lipinski definition) is 5. The van der Waals surface area contributed by atoms with E-state index in [1.54, 1.807) is 19.2 Å². The maximum atomic E-state index is 12.3. The lowest BCUT2D eigenvalue weighted by Gasteiger charge is -2.11. The van der Waals surface area contributed by atoms with Crippen molar-refractivity contribution in [2.75, 3.05) is 23.1 Å². The zero-order chi connectivity index (χ0) is 25.7. The number of rotatable bonds is 8. The Bertz CT molecular complexity index is 1410. The van der Waals surface area contributed by atoms with Crippen LogP contribution in [0.4, 0.5) is 27.8 Å². The first-order valence-electron chi connectivity index (χ1n) is 10.7. The fourth-order valence-corrected chi connectivity index (χ4v) is 4.08. The van der Waals surface area contributed by atoms with Gasteiger partial charge in [0.05, 0.1) is 12.7 Å². The number of nitrogens with one attached hydrogen (secondary N) is 4. The molecular weight excluding hydrogens is 482 g/mol. The lowest BCUT2D eigenvalue weighted by molar-refractivity contribution is 0.0697. The highest BCUT2D eigenvalue weighted by Crippen LogP contribution is 2.31. The summed E-state index contributed by atoms with van der Waals surface area (Å²) in [6.45, 7) is 3.82. The molecule has 5 N–H and O–H groups in total. The molecule has 0 atom stereocenters. The van der Waals surface area contributed by atoms with Crippen LogP contribution < -0.4 is 20.7 Å². The number of carbonyl (C=O) groups excluding carboxylic acids is 1. The van der Waals surface area contributed by atoms with E-state index in [1.807, 2.05) is 32.0 Å². The summed E-state index contributed by atoms with van der Waals surface area (Å²) in [5, 5.41) is 25.0. The van der Waals surface area contributed by atoms with Crippen molar-refractivity contribution >= 4 is 46.8 Å². The Balaban J connectivity index is 1.40. The molecule has 36 heavy (non-hydrogen) atoms. The van der Waals surface area contributed by atoms with Gasteiger partial charge in [0, 0.05) is 34.1 Å². The minimum Gasteiger partial charge on any atom is -0.480 e. The molecule has 12 heteroatoms. The highest BCUT2D eigenvalue weighted by molar-refractivity contribution is 7.99. The van der Waals surface area contributed by atoms with E-state index >= 15 is 0 Å². The smallest absolute Gasteiger partial charge is 0.335 e. The van der Waals surface area contributed by atoms with Crippen LogP contribution in [0.15, 0.2) is 64.6 Å². The zero-order valence-electron chi connectivity index (χ0n) is 19.6. The summed E-state index contributed by atoms with van der Waals surface area (Å²) in [5.74, 6) is 0.692. The van der Waals surface area contributed by atoms with Crippen LogP contribution in [0.2, 0.25) is 0 Å². The predicted octanol–water partition coefficient (Wildman–Crippen LogP) is 5.06. The fraction of sp³-hybridized carbons (Fsp3) is 0.125. The first-order chi connectivity index (χ1) is 17.3. The van der Waals surface area contributed by atoms with E-state index in [4.69, 9.17) is 9.84 Å². The minimum atomic E-state index is -1.03. The Kier molecular flexibility index (Phi) is 7.35. The number of amides is 2. The van der Waals surface area contributed by atoms with Crippen LogP contribution in [0, 0.1) is 13.8 Å².